The van der Waals surface area contributed by atoms with E-state index in [0.717, 1.165) is 22.6 Å². The lowest BCUT2D eigenvalue weighted by Crippen LogP contribution is -2.25. The quantitative estimate of drug-likeness (QED) is 0.518. The Morgan fingerprint density at radius 2 is 1.77 bits per heavy atom. The average Bonchev–Trinajstić information content (AvgIpc) is 3.24. The monoisotopic (exact) mass is 409 g/mol. The SMILES string of the molecule is CCOc1ccc(CCNC(=O)CCc2nc(-c3ccccc3)no2)cc1OCC. The number of aromatic nitrogens is 2. The summed E-state index contributed by atoms with van der Waals surface area (Å²) in [5, 5.41) is 6.90. The smallest absolute Gasteiger partial charge is 0.227 e. The van der Waals surface area contributed by atoms with Crippen molar-refractivity contribution in [3.63, 3.8) is 0 Å². The third-order valence-electron chi connectivity index (χ3n) is 4.41. The molecule has 0 atom stereocenters. The maximum absolute atomic E-state index is 12.1. The van der Waals surface area contributed by atoms with Crippen LogP contribution in [0.3, 0.4) is 0 Å². The summed E-state index contributed by atoms with van der Waals surface area (Å²) in [5.74, 6) is 2.41. The number of amides is 1. The van der Waals surface area contributed by atoms with Crippen molar-refractivity contribution in [3.8, 4) is 22.9 Å². The number of aryl methyl sites for hydroxylation is 1. The standard InChI is InChI=1S/C23H27N3O4/c1-3-28-19-11-10-17(16-20(19)29-4-2)14-15-24-21(27)12-13-22-25-23(26-30-22)18-8-6-5-7-9-18/h5-11,16H,3-4,12-15H2,1-2H3,(H,24,27). The van der Waals surface area contributed by atoms with Gasteiger partial charge in [-0.15, -0.1) is 0 Å². The summed E-state index contributed by atoms with van der Waals surface area (Å²) in [5.41, 5.74) is 1.96. The Morgan fingerprint density at radius 1 is 1.00 bits per heavy atom. The zero-order valence-corrected chi connectivity index (χ0v) is 17.4. The van der Waals surface area contributed by atoms with E-state index in [2.05, 4.69) is 15.5 Å². The molecular formula is C23H27N3O4. The zero-order chi connectivity index (χ0) is 21.2. The molecule has 7 nitrogen and oxygen atoms in total. The van der Waals surface area contributed by atoms with E-state index in [1.807, 2.05) is 62.4 Å². The third-order valence-corrected chi connectivity index (χ3v) is 4.41. The van der Waals surface area contributed by atoms with Gasteiger partial charge < -0.3 is 19.3 Å². The Hall–Kier alpha value is -3.35. The van der Waals surface area contributed by atoms with E-state index in [0.29, 0.717) is 50.7 Å². The van der Waals surface area contributed by atoms with Gasteiger partial charge in [0.2, 0.25) is 17.6 Å². The van der Waals surface area contributed by atoms with Gasteiger partial charge in [0.25, 0.3) is 0 Å². The number of hydrogen-bond donors (Lipinski definition) is 1. The number of benzene rings is 2. The van der Waals surface area contributed by atoms with E-state index < -0.39 is 0 Å². The first-order valence-corrected chi connectivity index (χ1v) is 10.2. The predicted octanol–water partition coefficient (Wildman–Crippen LogP) is 3.83. The van der Waals surface area contributed by atoms with Crippen molar-refractivity contribution in [1.82, 2.24) is 15.5 Å². The number of hydrogen-bond acceptors (Lipinski definition) is 6. The Kier molecular flexibility index (Phi) is 7.83. The fourth-order valence-corrected chi connectivity index (χ4v) is 2.97. The molecule has 0 saturated heterocycles. The van der Waals surface area contributed by atoms with Crippen LogP contribution in [0.5, 0.6) is 11.5 Å². The van der Waals surface area contributed by atoms with E-state index in [1.54, 1.807) is 0 Å². The van der Waals surface area contributed by atoms with E-state index in [1.165, 1.54) is 0 Å². The molecule has 0 aliphatic rings. The first-order valence-electron chi connectivity index (χ1n) is 10.2. The van der Waals surface area contributed by atoms with E-state index in [-0.39, 0.29) is 5.91 Å². The highest BCUT2D eigenvalue weighted by Crippen LogP contribution is 2.28. The predicted molar refractivity (Wildman–Crippen MR) is 114 cm³/mol. The van der Waals surface area contributed by atoms with Crippen LogP contribution in [0.2, 0.25) is 0 Å². The van der Waals surface area contributed by atoms with Crippen molar-refractivity contribution < 1.29 is 18.8 Å². The number of nitrogens with zero attached hydrogens (tertiary/aromatic N) is 2. The molecule has 1 aromatic heterocycles. The van der Waals surface area contributed by atoms with Gasteiger partial charge in [-0.2, -0.15) is 4.98 Å². The molecule has 3 rings (SSSR count). The minimum atomic E-state index is -0.0505. The van der Waals surface area contributed by atoms with Crippen LogP contribution in [0.25, 0.3) is 11.4 Å². The van der Waals surface area contributed by atoms with E-state index in [4.69, 9.17) is 14.0 Å². The first-order chi connectivity index (χ1) is 14.7. The molecule has 30 heavy (non-hydrogen) atoms. The maximum Gasteiger partial charge on any atom is 0.227 e. The summed E-state index contributed by atoms with van der Waals surface area (Å²) in [4.78, 5) is 16.5. The molecule has 1 amide bonds. The van der Waals surface area contributed by atoms with Gasteiger partial charge in [0.05, 0.1) is 13.2 Å². The van der Waals surface area contributed by atoms with Crippen LogP contribution in [-0.2, 0) is 17.6 Å². The van der Waals surface area contributed by atoms with Gasteiger partial charge in [-0.3, -0.25) is 4.79 Å². The number of ether oxygens (including phenoxy) is 2. The zero-order valence-electron chi connectivity index (χ0n) is 17.4. The third kappa shape index (κ3) is 6.07. The van der Waals surface area contributed by atoms with Crippen molar-refractivity contribution in [2.75, 3.05) is 19.8 Å². The van der Waals surface area contributed by atoms with Crippen LogP contribution in [0.1, 0.15) is 31.7 Å². The summed E-state index contributed by atoms with van der Waals surface area (Å²) < 4.78 is 16.5. The summed E-state index contributed by atoms with van der Waals surface area (Å²) in [6, 6.07) is 15.5. The molecule has 0 unspecified atom stereocenters. The molecule has 0 fully saturated rings. The number of nitrogens with one attached hydrogen (secondary N) is 1. The van der Waals surface area contributed by atoms with E-state index >= 15 is 0 Å². The Bertz CT molecular complexity index is 941. The lowest BCUT2D eigenvalue weighted by atomic mass is 10.1. The second-order valence-electron chi connectivity index (χ2n) is 6.62. The van der Waals surface area contributed by atoms with Crippen LogP contribution in [0.15, 0.2) is 53.1 Å². The molecular weight excluding hydrogens is 382 g/mol. The molecule has 0 radical (unpaired) electrons. The highest BCUT2D eigenvalue weighted by Gasteiger charge is 2.11. The minimum Gasteiger partial charge on any atom is -0.490 e. The van der Waals surface area contributed by atoms with Crippen LogP contribution in [0, 0.1) is 0 Å². The van der Waals surface area contributed by atoms with Crippen molar-refractivity contribution in [3.05, 3.63) is 60.0 Å². The van der Waals surface area contributed by atoms with Gasteiger partial charge in [0.15, 0.2) is 11.5 Å². The topological polar surface area (TPSA) is 86.5 Å². The molecule has 0 aliphatic carbocycles. The molecule has 158 valence electrons. The minimum absolute atomic E-state index is 0.0505. The van der Waals surface area contributed by atoms with Crippen molar-refractivity contribution >= 4 is 5.91 Å². The van der Waals surface area contributed by atoms with Gasteiger partial charge in [0, 0.05) is 24.9 Å². The molecule has 1 heterocycles. The molecule has 2 aromatic carbocycles. The Morgan fingerprint density at radius 3 is 2.53 bits per heavy atom. The van der Waals surface area contributed by atoms with Gasteiger partial charge in [-0.25, -0.2) is 0 Å². The maximum atomic E-state index is 12.1. The van der Waals surface area contributed by atoms with Gasteiger partial charge in [-0.1, -0.05) is 41.6 Å². The van der Waals surface area contributed by atoms with Gasteiger partial charge in [0.1, 0.15) is 0 Å². The van der Waals surface area contributed by atoms with Crippen LogP contribution in [0.4, 0.5) is 0 Å². The van der Waals surface area contributed by atoms with Crippen molar-refractivity contribution in [2.24, 2.45) is 0 Å². The van der Waals surface area contributed by atoms with Crippen LogP contribution >= 0.6 is 0 Å². The molecule has 0 aliphatic heterocycles. The first kappa shape index (κ1) is 21.4. The highest BCUT2D eigenvalue weighted by molar-refractivity contribution is 5.76. The lowest BCUT2D eigenvalue weighted by molar-refractivity contribution is -0.121. The summed E-state index contributed by atoms with van der Waals surface area (Å²) in [6.45, 7) is 5.58. The second kappa shape index (κ2) is 11.0. The van der Waals surface area contributed by atoms with Crippen LogP contribution < -0.4 is 14.8 Å². The second-order valence-corrected chi connectivity index (χ2v) is 6.62. The lowest BCUT2D eigenvalue weighted by Gasteiger charge is -2.12. The average molecular weight is 409 g/mol. The van der Waals surface area contributed by atoms with Gasteiger partial charge in [-0.05, 0) is 38.0 Å². The van der Waals surface area contributed by atoms with Gasteiger partial charge >= 0.3 is 0 Å². The van der Waals surface area contributed by atoms with E-state index in [9.17, 15) is 4.79 Å². The number of rotatable bonds is 11. The fraction of sp³-hybridized carbons (Fsp3) is 0.348. The molecule has 7 heteroatoms. The number of carbonyl (C=O) groups excluding carboxylic acids is 1. The molecule has 0 bridgehead atoms. The summed E-state index contributed by atoms with van der Waals surface area (Å²) in [6.07, 6.45) is 1.41. The Labute approximate surface area is 176 Å². The molecule has 0 saturated carbocycles. The molecule has 0 spiro atoms. The molecule has 3 aromatic rings. The number of carbonyl (C=O) groups is 1. The van der Waals surface area contributed by atoms with Crippen molar-refractivity contribution in [2.45, 2.75) is 33.1 Å². The summed E-state index contributed by atoms with van der Waals surface area (Å²) in [7, 11) is 0. The Balaban J connectivity index is 1.44. The molecule has 1 N–H and O–H groups in total. The normalized spacial score (nSPS) is 10.6. The van der Waals surface area contributed by atoms with Crippen molar-refractivity contribution in [1.29, 1.82) is 0 Å². The summed E-state index contributed by atoms with van der Waals surface area (Å²) >= 11 is 0. The van der Waals surface area contributed by atoms with Crippen LogP contribution in [-0.4, -0.2) is 35.8 Å². The largest absolute Gasteiger partial charge is 0.490 e. The fourth-order valence-electron chi connectivity index (χ4n) is 2.97. The highest BCUT2D eigenvalue weighted by atomic mass is 16.5.